The monoisotopic (exact) mass is 300 g/mol. The van der Waals surface area contributed by atoms with E-state index in [9.17, 15) is 9.59 Å². The molecule has 0 radical (unpaired) electrons. The van der Waals surface area contributed by atoms with Crippen LogP contribution in [-0.2, 0) is 14.4 Å². The Hall–Kier alpha value is -1.14. The number of carbonyl (C=O) groups excluding carboxylic acids is 1. The lowest BCUT2D eigenvalue weighted by atomic mass is 9.79. The molecule has 1 saturated heterocycles. The first-order valence-electron chi connectivity index (χ1n) is 7.44. The smallest absolute Gasteiger partial charge is 0.303 e. The van der Waals surface area contributed by atoms with Crippen LogP contribution >= 0.6 is 0 Å². The highest BCUT2D eigenvalue weighted by molar-refractivity contribution is 5.77. The minimum Gasteiger partial charge on any atom is -0.481 e. The molecule has 1 heterocycles. The molecular formula is C15H28N2O4. The standard InChI is InChI=1S/C15H28N2O4/c1-14(2)9-11(10-15(3,4)17(14)21-5)16-12(18)7-6-8-13(19)20/h11H,6-10H2,1-5H3,(H,16,18)(H,19,20). The Labute approximate surface area is 126 Å². The number of hydrogen-bond donors (Lipinski definition) is 2. The number of piperidine rings is 1. The summed E-state index contributed by atoms with van der Waals surface area (Å²) in [6.45, 7) is 8.39. The fourth-order valence-electron chi connectivity index (χ4n) is 3.56. The van der Waals surface area contributed by atoms with Crippen LogP contribution in [0.25, 0.3) is 0 Å². The molecular weight excluding hydrogens is 272 g/mol. The topological polar surface area (TPSA) is 78.9 Å². The molecule has 0 aromatic heterocycles. The lowest BCUT2D eigenvalue weighted by molar-refractivity contribution is -0.267. The summed E-state index contributed by atoms with van der Waals surface area (Å²) in [6, 6.07) is 0.0822. The number of amides is 1. The molecule has 0 aromatic rings. The van der Waals surface area contributed by atoms with Gasteiger partial charge in [0.1, 0.15) is 0 Å². The van der Waals surface area contributed by atoms with Crippen LogP contribution in [0.1, 0.15) is 59.8 Å². The van der Waals surface area contributed by atoms with Crippen LogP contribution in [0.2, 0.25) is 0 Å². The minimum atomic E-state index is -0.863. The van der Waals surface area contributed by atoms with E-state index in [1.54, 1.807) is 7.11 Å². The molecule has 0 aliphatic carbocycles. The number of hydrogen-bond acceptors (Lipinski definition) is 4. The largest absolute Gasteiger partial charge is 0.481 e. The number of hydroxylamine groups is 2. The van der Waals surface area contributed by atoms with Crippen molar-refractivity contribution < 1.29 is 19.5 Å². The third-order valence-corrected chi connectivity index (χ3v) is 3.93. The Balaban J connectivity index is 2.57. The molecule has 0 spiro atoms. The second-order valence-electron chi connectivity index (χ2n) is 7.02. The Bertz CT molecular complexity index is 375. The first-order chi connectivity index (χ1) is 9.58. The lowest BCUT2D eigenvalue weighted by Gasteiger charge is -2.53. The third kappa shape index (κ3) is 4.97. The maximum atomic E-state index is 11.9. The van der Waals surface area contributed by atoms with E-state index in [1.165, 1.54) is 0 Å². The van der Waals surface area contributed by atoms with Gasteiger partial charge in [0.2, 0.25) is 5.91 Å². The zero-order valence-corrected chi connectivity index (χ0v) is 13.7. The van der Waals surface area contributed by atoms with Gasteiger partial charge in [-0.15, -0.1) is 0 Å². The molecule has 0 saturated carbocycles. The number of carbonyl (C=O) groups is 2. The summed E-state index contributed by atoms with van der Waals surface area (Å²) < 4.78 is 0. The summed E-state index contributed by atoms with van der Waals surface area (Å²) in [4.78, 5) is 27.9. The van der Waals surface area contributed by atoms with Crippen molar-refractivity contribution in [2.24, 2.45) is 0 Å². The Morgan fingerprint density at radius 2 is 1.71 bits per heavy atom. The lowest BCUT2D eigenvalue weighted by Crippen LogP contribution is -2.63. The van der Waals surface area contributed by atoms with Crippen molar-refractivity contribution in [2.45, 2.75) is 76.9 Å². The summed E-state index contributed by atoms with van der Waals surface area (Å²) >= 11 is 0. The molecule has 1 aliphatic rings. The molecule has 1 amide bonds. The van der Waals surface area contributed by atoms with E-state index in [2.05, 4.69) is 33.0 Å². The molecule has 2 N–H and O–H groups in total. The summed E-state index contributed by atoms with van der Waals surface area (Å²) in [6.07, 6.45) is 2.28. The van der Waals surface area contributed by atoms with Crippen LogP contribution in [0.3, 0.4) is 0 Å². The summed E-state index contributed by atoms with van der Waals surface area (Å²) in [5, 5.41) is 13.6. The molecule has 21 heavy (non-hydrogen) atoms. The van der Waals surface area contributed by atoms with E-state index in [0.717, 1.165) is 12.8 Å². The summed E-state index contributed by atoms with van der Waals surface area (Å²) in [5.74, 6) is -0.933. The van der Waals surface area contributed by atoms with Crippen molar-refractivity contribution in [3.63, 3.8) is 0 Å². The molecule has 122 valence electrons. The first kappa shape index (κ1) is 17.9. The van der Waals surface area contributed by atoms with E-state index in [-0.39, 0.29) is 35.9 Å². The van der Waals surface area contributed by atoms with Crippen molar-refractivity contribution in [2.75, 3.05) is 7.11 Å². The van der Waals surface area contributed by atoms with Gasteiger partial charge in [-0.1, -0.05) is 0 Å². The first-order valence-corrected chi connectivity index (χ1v) is 7.44. The minimum absolute atomic E-state index is 0.0343. The van der Waals surface area contributed by atoms with Crippen molar-refractivity contribution in [1.82, 2.24) is 10.4 Å². The van der Waals surface area contributed by atoms with Gasteiger partial charge in [0.25, 0.3) is 0 Å². The number of carboxylic acid groups (broad SMARTS) is 1. The number of rotatable bonds is 6. The zero-order chi connectivity index (χ0) is 16.3. The molecule has 0 aromatic carbocycles. The number of carboxylic acids is 1. The van der Waals surface area contributed by atoms with Gasteiger partial charge in [0.15, 0.2) is 0 Å². The second-order valence-corrected chi connectivity index (χ2v) is 7.02. The second kappa shape index (κ2) is 6.75. The molecule has 0 bridgehead atoms. The average Bonchev–Trinajstić information content (AvgIpc) is 2.24. The summed E-state index contributed by atoms with van der Waals surface area (Å²) in [7, 11) is 1.67. The van der Waals surface area contributed by atoms with Gasteiger partial charge in [-0.2, -0.15) is 5.06 Å². The third-order valence-electron chi connectivity index (χ3n) is 3.93. The summed E-state index contributed by atoms with van der Waals surface area (Å²) in [5.41, 5.74) is -0.342. The zero-order valence-electron chi connectivity index (χ0n) is 13.7. The van der Waals surface area contributed by atoms with Gasteiger partial charge in [-0.25, -0.2) is 0 Å². The van der Waals surface area contributed by atoms with E-state index in [0.29, 0.717) is 6.42 Å². The number of nitrogens with one attached hydrogen (secondary N) is 1. The Kier molecular flexibility index (Phi) is 5.75. The average molecular weight is 300 g/mol. The molecule has 0 atom stereocenters. The number of aliphatic carboxylic acids is 1. The van der Waals surface area contributed by atoms with Gasteiger partial charge < -0.3 is 15.3 Å². The van der Waals surface area contributed by atoms with Gasteiger partial charge in [-0.05, 0) is 47.0 Å². The van der Waals surface area contributed by atoms with Crippen LogP contribution in [0.15, 0.2) is 0 Å². The molecule has 1 rings (SSSR count). The molecule has 6 heteroatoms. The quantitative estimate of drug-likeness (QED) is 0.783. The Morgan fingerprint density at radius 3 is 2.14 bits per heavy atom. The van der Waals surface area contributed by atoms with Gasteiger partial charge in [0, 0.05) is 30.0 Å². The Morgan fingerprint density at radius 1 is 1.19 bits per heavy atom. The van der Waals surface area contributed by atoms with Crippen molar-refractivity contribution in [1.29, 1.82) is 0 Å². The van der Waals surface area contributed by atoms with Crippen LogP contribution in [-0.4, -0.2) is 46.3 Å². The van der Waals surface area contributed by atoms with Crippen molar-refractivity contribution in [3.8, 4) is 0 Å². The SMILES string of the molecule is CON1C(C)(C)CC(NC(=O)CCCC(=O)O)CC1(C)C. The highest BCUT2D eigenvalue weighted by Crippen LogP contribution is 2.38. The molecule has 1 aliphatic heterocycles. The van der Waals surface area contributed by atoms with E-state index >= 15 is 0 Å². The fourth-order valence-corrected chi connectivity index (χ4v) is 3.56. The maximum absolute atomic E-state index is 11.9. The van der Waals surface area contributed by atoms with Crippen molar-refractivity contribution in [3.05, 3.63) is 0 Å². The normalized spacial score (nSPS) is 22.0. The van der Waals surface area contributed by atoms with Crippen LogP contribution < -0.4 is 5.32 Å². The van der Waals surface area contributed by atoms with Crippen LogP contribution in [0, 0.1) is 0 Å². The predicted octanol–water partition coefficient (Wildman–Crippen LogP) is 1.94. The van der Waals surface area contributed by atoms with Gasteiger partial charge in [-0.3, -0.25) is 9.59 Å². The van der Waals surface area contributed by atoms with E-state index in [1.807, 2.05) is 5.06 Å². The highest BCUT2D eigenvalue weighted by Gasteiger charge is 2.46. The van der Waals surface area contributed by atoms with E-state index < -0.39 is 5.97 Å². The molecule has 1 fully saturated rings. The number of nitrogens with zero attached hydrogens (tertiary/aromatic N) is 1. The maximum Gasteiger partial charge on any atom is 0.303 e. The van der Waals surface area contributed by atoms with Crippen LogP contribution in [0.4, 0.5) is 0 Å². The van der Waals surface area contributed by atoms with Gasteiger partial charge >= 0.3 is 5.97 Å². The van der Waals surface area contributed by atoms with Crippen molar-refractivity contribution >= 4 is 11.9 Å². The van der Waals surface area contributed by atoms with Crippen LogP contribution in [0.5, 0.6) is 0 Å². The predicted molar refractivity (Wildman–Crippen MR) is 79.7 cm³/mol. The molecule has 6 nitrogen and oxygen atoms in total. The highest BCUT2D eigenvalue weighted by atomic mass is 16.7. The van der Waals surface area contributed by atoms with E-state index in [4.69, 9.17) is 9.94 Å². The fraction of sp³-hybridized carbons (Fsp3) is 0.867. The van der Waals surface area contributed by atoms with Gasteiger partial charge in [0.05, 0.1) is 7.11 Å². The molecule has 0 unspecified atom stereocenters.